The molecule has 0 aromatic heterocycles. The van der Waals surface area contributed by atoms with Crippen LogP contribution in [0.1, 0.15) is 50.5 Å². The van der Waals surface area contributed by atoms with Crippen molar-refractivity contribution < 1.29 is 17.9 Å². The Morgan fingerprint density at radius 2 is 1.41 bits per heavy atom. The molecule has 4 aliphatic rings. The fraction of sp³-hybridized carbons (Fsp3) is 0.525. The molecule has 4 fully saturated rings. The van der Waals surface area contributed by atoms with Crippen LogP contribution >= 0.6 is 0 Å². The molecule has 1 N–H and O–H groups in total. The van der Waals surface area contributed by atoms with Crippen LogP contribution in [0.4, 0.5) is 10.5 Å². The van der Waals surface area contributed by atoms with E-state index in [0.717, 1.165) is 90.1 Å². The van der Waals surface area contributed by atoms with Crippen molar-refractivity contribution >= 4 is 21.6 Å². The van der Waals surface area contributed by atoms with Gasteiger partial charge in [-0.2, -0.15) is 0 Å². The minimum absolute atomic E-state index is 0.0553. The Kier molecular flexibility index (Phi) is 10.3. The van der Waals surface area contributed by atoms with E-state index in [9.17, 15) is 13.2 Å². The molecule has 49 heavy (non-hydrogen) atoms. The van der Waals surface area contributed by atoms with Gasteiger partial charge in [-0.25, -0.2) is 13.2 Å². The summed E-state index contributed by atoms with van der Waals surface area (Å²) in [6.07, 6.45) is 7.61. The molecular weight excluding hydrogens is 633 g/mol. The summed E-state index contributed by atoms with van der Waals surface area (Å²) < 4.78 is 32.2. The van der Waals surface area contributed by atoms with Crippen molar-refractivity contribution in [3.05, 3.63) is 90.5 Å². The van der Waals surface area contributed by atoms with Crippen LogP contribution < -0.4 is 10.2 Å². The molecule has 262 valence electrons. The first-order valence-electron chi connectivity index (χ1n) is 18.4. The van der Waals surface area contributed by atoms with Gasteiger partial charge >= 0.3 is 6.09 Å². The Morgan fingerprint density at radius 1 is 0.776 bits per heavy atom. The molecule has 3 heterocycles. The number of anilines is 1. The molecule has 1 unspecified atom stereocenters. The molecule has 0 spiro atoms. The normalized spacial score (nSPS) is 24.0. The third-order valence-electron chi connectivity index (χ3n) is 11.9. The van der Waals surface area contributed by atoms with Gasteiger partial charge in [0, 0.05) is 56.2 Å². The van der Waals surface area contributed by atoms with Gasteiger partial charge in [0.15, 0.2) is 0 Å². The van der Waals surface area contributed by atoms with E-state index in [1.54, 1.807) is 43.4 Å². The summed E-state index contributed by atoms with van der Waals surface area (Å²) in [6.45, 7) is 8.63. The summed E-state index contributed by atoms with van der Waals surface area (Å²) in [4.78, 5) is 20.9. The molecule has 1 amide bonds. The summed E-state index contributed by atoms with van der Waals surface area (Å²) in [6, 6.07) is 27.3. The first-order chi connectivity index (χ1) is 23.9. The number of piperidine rings is 1. The van der Waals surface area contributed by atoms with Crippen molar-refractivity contribution in [2.75, 3.05) is 64.3 Å². The maximum atomic E-state index is 13.0. The topological polar surface area (TPSA) is 82.2 Å². The van der Waals surface area contributed by atoms with E-state index in [1.165, 1.54) is 18.4 Å². The van der Waals surface area contributed by atoms with Gasteiger partial charge in [0.1, 0.15) is 6.10 Å². The van der Waals surface area contributed by atoms with E-state index in [-0.39, 0.29) is 17.6 Å². The Labute approximate surface area is 292 Å². The highest BCUT2D eigenvalue weighted by molar-refractivity contribution is 7.91. The lowest BCUT2D eigenvalue weighted by molar-refractivity contribution is -0.00374. The first-order valence-corrected chi connectivity index (χ1v) is 19.9. The van der Waals surface area contributed by atoms with Crippen LogP contribution in [0, 0.1) is 17.8 Å². The van der Waals surface area contributed by atoms with E-state index in [2.05, 4.69) is 50.3 Å². The van der Waals surface area contributed by atoms with E-state index >= 15 is 0 Å². The number of benzene rings is 3. The molecule has 3 aromatic carbocycles. The fourth-order valence-electron chi connectivity index (χ4n) is 9.47. The summed E-state index contributed by atoms with van der Waals surface area (Å²) >= 11 is 0. The number of nitrogens with one attached hydrogen (secondary N) is 1. The lowest BCUT2D eigenvalue weighted by Crippen LogP contribution is -2.57. The van der Waals surface area contributed by atoms with Gasteiger partial charge < -0.3 is 24.8 Å². The highest BCUT2D eigenvalue weighted by Crippen LogP contribution is 2.52. The fourth-order valence-corrected chi connectivity index (χ4v) is 10.7. The van der Waals surface area contributed by atoms with Crippen LogP contribution in [0.5, 0.6) is 0 Å². The molecule has 8 nitrogen and oxygen atoms in total. The number of ether oxygens (including phenoxy) is 1. The molecule has 7 rings (SSSR count). The maximum Gasteiger partial charge on any atom is 0.407 e. The number of rotatable bonds is 11. The summed E-state index contributed by atoms with van der Waals surface area (Å²) in [5.41, 5.74) is 2.46. The average Bonchev–Trinajstić information content (AvgIpc) is 3.82. The molecule has 1 saturated carbocycles. The highest BCUT2D eigenvalue weighted by Gasteiger charge is 2.53. The second-order valence-corrected chi connectivity index (χ2v) is 16.7. The molecule has 9 heteroatoms. The van der Waals surface area contributed by atoms with E-state index in [0.29, 0.717) is 27.5 Å². The van der Waals surface area contributed by atoms with Crippen molar-refractivity contribution in [2.45, 2.75) is 66.3 Å². The van der Waals surface area contributed by atoms with Crippen molar-refractivity contribution in [1.82, 2.24) is 15.1 Å². The molecule has 0 radical (unpaired) electrons. The lowest BCUT2D eigenvalue weighted by atomic mass is 9.58. The van der Waals surface area contributed by atoms with Crippen molar-refractivity contribution in [3.63, 3.8) is 0 Å². The number of hydrogen-bond acceptors (Lipinski definition) is 7. The maximum absolute atomic E-state index is 13.0. The van der Waals surface area contributed by atoms with Gasteiger partial charge in [0.2, 0.25) is 9.84 Å². The number of nitrogens with zero attached hydrogens (tertiary/aromatic N) is 3. The predicted octanol–water partition coefficient (Wildman–Crippen LogP) is 6.23. The van der Waals surface area contributed by atoms with Crippen molar-refractivity contribution in [1.29, 1.82) is 0 Å². The predicted molar refractivity (Wildman–Crippen MR) is 194 cm³/mol. The number of hydrogen-bond donors (Lipinski definition) is 1. The second kappa shape index (κ2) is 14.8. The number of carbonyl (C=O) groups is 1. The SMILES string of the molecule is CNC(=O)O[C@H]1CCC[C@@H]1C(CN1CCCC1)(c1ccccc1)C1CCN(CC2CN(c3ccc(S(=O)(=O)c4ccccc4)cc3)C2)CC1. The molecule has 0 bridgehead atoms. The molecule has 3 aromatic rings. The number of likely N-dealkylation sites (tertiary alicyclic amines) is 2. The number of alkyl carbamates (subject to hydrolysis) is 1. The van der Waals surface area contributed by atoms with Gasteiger partial charge in [0.25, 0.3) is 0 Å². The first kappa shape index (κ1) is 34.1. The Hall–Kier alpha value is -3.40. The zero-order chi connectivity index (χ0) is 33.8. The molecule has 3 atom stereocenters. The average molecular weight is 685 g/mol. The smallest absolute Gasteiger partial charge is 0.407 e. The molecule has 3 aliphatic heterocycles. The summed E-state index contributed by atoms with van der Waals surface area (Å²) in [7, 11) is -1.85. The quantitative estimate of drug-likeness (QED) is 0.257. The van der Waals surface area contributed by atoms with Crippen LogP contribution in [-0.4, -0.2) is 89.8 Å². The molecular formula is C40H52N4O4S. The second-order valence-electron chi connectivity index (χ2n) is 14.8. The third kappa shape index (κ3) is 7.12. The van der Waals surface area contributed by atoms with Gasteiger partial charge in [-0.05, 0) is 119 Å². The Morgan fingerprint density at radius 3 is 2.06 bits per heavy atom. The number of carbonyl (C=O) groups excluding carboxylic acids is 1. The van der Waals surface area contributed by atoms with E-state index in [4.69, 9.17) is 4.74 Å². The Balaban J connectivity index is 1.01. The summed E-state index contributed by atoms with van der Waals surface area (Å²) in [5, 5.41) is 2.71. The zero-order valence-corrected chi connectivity index (χ0v) is 29.7. The molecule has 3 saturated heterocycles. The lowest BCUT2D eigenvalue weighted by Gasteiger charge is -2.52. The van der Waals surface area contributed by atoms with Crippen molar-refractivity contribution in [3.8, 4) is 0 Å². The number of amides is 1. The van der Waals surface area contributed by atoms with Crippen LogP contribution in [-0.2, 0) is 20.0 Å². The van der Waals surface area contributed by atoms with Crippen LogP contribution in [0.25, 0.3) is 0 Å². The molecule has 1 aliphatic carbocycles. The standard InChI is InChI=1S/C40H52N4O4S/c1-41-39(45)48-38-16-10-15-37(38)40(30-43-23-8-9-24-43,32-11-4-2-5-12-32)33-21-25-42(26-22-33)27-31-28-44(29-31)34-17-19-36(20-18-34)49(46,47)35-13-6-3-7-14-35/h2-7,11-14,17-20,31,33,37-38H,8-10,15-16,21-30H2,1H3,(H,41,45)/t37-,38-,40?/m0/s1. The van der Waals surface area contributed by atoms with Crippen LogP contribution in [0.2, 0.25) is 0 Å². The van der Waals surface area contributed by atoms with E-state index in [1.807, 2.05) is 18.2 Å². The van der Waals surface area contributed by atoms with Gasteiger partial charge in [-0.1, -0.05) is 48.5 Å². The van der Waals surface area contributed by atoms with E-state index < -0.39 is 9.84 Å². The van der Waals surface area contributed by atoms with Crippen LogP contribution in [0.15, 0.2) is 94.7 Å². The Bertz CT molecular complexity index is 1630. The van der Waals surface area contributed by atoms with Crippen molar-refractivity contribution in [2.24, 2.45) is 17.8 Å². The van der Waals surface area contributed by atoms with Crippen LogP contribution in [0.3, 0.4) is 0 Å². The monoisotopic (exact) mass is 684 g/mol. The zero-order valence-electron chi connectivity index (χ0n) is 28.9. The number of sulfone groups is 1. The van der Waals surface area contributed by atoms with Gasteiger partial charge in [-0.15, -0.1) is 0 Å². The van der Waals surface area contributed by atoms with Gasteiger partial charge in [0.05, 0.1) is 9.79 Å². The minimum atomic E-state index is -3.51. The minimum Gasteiger partial charge on any atom is -0.446 e. The summed E-state index contributed by atoms with van der Waals surface area (Å²) in [5.74, 6) is 1.43. The van der Waals surface area contributed by atoms with Gasteiger partial charge in [-0.3, -0.25) is 0 Å². The third-order valence-corrected chi connectivity index (χ3v) is 13.7. The largest absolute Gasteiger partial charge is 0.446 e. The highest BCUT2D eigenvalue weighted by atomic mass is 32.2.